The Bertz CT molecular complexity index is 1400. The number of rotatable bonds is 7. The summed E-state index contributed by atoms with van der Waals surface area (Å²) in [7, 11) is 0. The third-order valence-electron chi connectivity index (χ3n) is 5.44. The summed E-state index contributed by atoms with van der Waals surface area (Å²) in [5.74, 6) is 0.503. The lowest BCUT2D eigenvalue weighted by atomic mass is 10.1. The summed E-state index contributed by atoms with van der Waals surface area (Å²) in [6.45, 7) is 1.24. The van der Waals surface area contributed by atoms with E-state index in [2.05, 4.69) is 26.3 Å². The van der Waals surface area contributed by atoms with E-state index in [0.29, 0.717) is 18.1 Å². The first kappa shape index (κ1) is 21.1. The van der Waals surface area contributed by atoms with Gasteiger partial charge in [0.05, 0.1) is 22.4 Å². The van der Waals surface area contributed by atoms with Crippen molar-refractivity contribution in [3.63, 3.8) is 0 Å². The van der Waals surface area contributed by atoms with Gasteiger partial charge >= 0.3 is 0 Å². The Morgan fingerprint density at radius 3 is 2.73 bits per heavy atom. The average molecular weight is 458 g/mol. The number of anilines is 1. The fourth-order valence-corrected chi connectivity index (χ4v) is 4.02. The predicted molar refractivity (Wildman–Crippen MR) is 130 cm³/mol. The zero-order valence-corrected chi connectivity index (χ0v) is 18.5. The van der Waals surface area contributed by atoms with Crippen LogP contribution < -0.4 is 5.32 Å². The van der Waals surface area contributed by atoms with Crippen LogP contribution in [0.2, 0.25) is 5.02 Å². The molecule has 0 spiro atoms. The first-order valence-corrected chi connectivity index (χ1v) is 11.0. The van der Waals surface area contributed by atoms with Gasteiger partial charge in [0.25, 0.3) is 0 Å². The molecule has 0 aliphatic rings. The second kappa shape index (κ2) is 9.38. The number of hydrogen-bond donors (Lipinski definition) is 1. The summed E-state index contributed by atoms with van der Waals surface area (Å²) >= 11 is 6.51. The number of pyridine rings is 2. The number of aromatic nitrogens is 4. The fraction of sp³-hybridized carbons (Fsp3) is 0.115. The Morgan fingerprint density at radius 2 is 1.88 bits per heavy atom. The first-order chi connectivity index (χ1) is 16.2. The van der Waals surface area contributed by atoms with Gasteiger partial charge in [-0.05, 0) is 53.6 Å². The van der Waals surface area contributed by atoms with Gasteiger partial charge in [0.1, 0.15) is 11.6 Å². The molecule has 5 aromatic rings. The van der Waals surface area contributed by atoms with Crippen molar-refractivity contribution >= 4 is 28.5 Å². The van der Waals surface area contributed by atoms with Gasteiger partial charge in [-0.15, -0.1) is 0 Å². The van der Waals surface area contributed by atoms with Crippen molar-refractivity contribution in [2.24, 2.45) is 0 Å². The average Bonchev–Trinajstić information content (AvgIpc) is 3.23. The zero-order chi connectivity index (χ0) is 22.6. The molecule has 2 aromatic carbocycles. The van der Waals surface area contributed by atoms with Gasteiger partial charge in [-0.25, -0.2) is 14.4 Å². The smallest absolute Gasteiger partial charge is 0.126 e. The van der Waals surface area contributed by atoms with Crippen LogP contribution in [0, 0.1) is 5.82 Å². The van der Waals surface area contributed by atoms with E-state index in [1.807, 2.05) is 47.0 Å². The Kier molecular flexibility index (Phi) is 6.00. The molecule has 0 saturated carbocycles. The maximum atomic E-state index is 13.6. The van der Waals surface area contributed by atoms with E-state index in [4.69, 9.17) is 11.6 Å². The quantitative estimate of drug-likeness (QED) is 0.326. The van der Waals surface area contributed by atoms with Gasteiger partial charge in [0, 0.05) is 43.2 Å². The highest BCUT2D eigenvalue weighted by Gasteiger charge is 2.10. The van der Waals surface area contributed by atoms with Crippen molar-refractivity contribution in [1.82, 2.24) is 19.5 Å². The van der Waals surface area contributed by atoms with Gasteiger partial charge in [0.15, 0.2) is 0 Å². The number of fused-ring (bicyclic) bond motifs is 1. The normalized spacial score (nSPS) is 11.1. The third-order valence-corrected chi connectivity index (χ3v) is 5.74. The highest BCUT2D eigenvalue weighted by molar-refractivity contribution is 6.33. The number of hydrogen-bond acceptors (Lipinski definition) is 4. The molecule has 0 aliphatic heterocycles. The molecule has 33 heavy (non-hydrogen) atoms. The minimum atomic E-state index is -0.246. The Balaban J connectivity index is 1.39. The molecule has 3 heterocycles. The second-order valence-corrected chi connectivity index (χ2v) is 8.16. The van der Waals surface area contributed by atoms with Crippen LogP contribution >= 0.6 is 11.6 Å². The summed E-state index contributed by atoms with van der Waals surface area (Å²) in [4.78, 5) is 13.2. The fourth-order valence-electron chi connectivity index (χ4n) is 3.80. The lowest BCUT2D eigenvalue weighted by Gasteiger charge is -2.10. The van der Waals surface area contributed by atoms with E-state index < -0.39 is 0 Å². The van der Waals surface area contributed by atoms with E-state index in [9.17, 15) is 4.39 Å². The van der Waals surface area contributed by atoms with Crippen molar-refractivity contribution in [2.45, 2.75) is 13.0 Å². The minimum absolute atomic E-state index is 0.246. The molecule has 0 unspecified atom stereocenters. The van der Waals surface area contributed by atoms with Gasteiger partial charge < -0.3 is 9.88 Å². The van der Waals surface area contributed by atoms with Gasteiger partial charge in [-0.3, -0.25) is 4.98 Å². The lowest BCUT2D eigenvalue weighted by molar-refractivity contribution is 0.624. The third kappa shape index (κ3) is 4.86. The van der Waals surface area contributed by atoms with E-state index in [1.54, 1.807) is 30.9 Å². The minimum Gasteiger partial charge on any atom is -0.370 e. The standard InChI is InChI=1S/C26H21ClFN5/c27-23-15-31-26(30-11-9-21-6-1-2-10-29-21)14-22(23)19-7-8-24-25(13-19)33(17-32-24)16-18-4-3-5-20(28)12-18/h1-8,10,12-15,17H,9,11,16H2,(H,30,31). The lowest BCUT2D eigenvalue weighted by Crippen LogP contribution is -2.07. The summed E-state index contributed by atoms with van der Waals surface area (Å²) in [5, 5.41) is 3.92. The molecule has 0 amide bonds. The van der Waals surface area contributed by atoms with Crippen LogP contribution in [0.1, 0.15) is 11.3 Å². The van der Waals surface area contributed by atoms with Gasteiger partial charge in [-0.1, -0.05) is 35.9 Å². The molecule has 5 rings (SSSR count). The molecular formula is C26H21ClFN5. The maximum Gasteiger partial charge on any atom is 0.126 e. The number of halogens is 2. The molecule has 0 radical (unpaired) electrons. The van der Waals surface area contributed by atoms with E-state index in [0.717, 1.165) is 45.7 Å². The Labute approximate surface area is 195 Å². The molecule has 0 bridgehead atoms. The van der Waals surface area contributed by atoms with Crippen molar-refractivity contribution < 1.29 is 4.39 Å². The first-order valence-electron chi connectivity index (χ1n) is 10.6. The highest BCUT2D eigenvalue weighted by atomic mass is 35.5. The SMILES string of the molecule is Fc1cccc(Cn2cnc3ccc(-c4cc(NCCc5ccccn5)ncc4Cl)cc32)c1. The highest BCUT2D eigenvalue weighted by Crippen LogP contribution is 2.31. The number of nitrogens with zero attached hydrogens (tertiary/aromatic N) is 4. The topological polar surface area (TPSA) is 55.6 Å². The summed E-state index contributed by atoms with van der Waals surface area (Å²) < 4.78 is 15.6. The van der Waals surface area contributed by atoms with E-state index in [1.165, 1.54) is 6.07 Å². The van der Waals surface area contributed by atoms with Crippen molar-refractivity contribution in [3.8, 4) is 11.1 Å². The van der Waals surface area contributed by atoms with Crippen LogP contribution in [0.5, 0.6) is 0 Å². The molecule has 7 heteroatoms. The van der Waals surface area contributed by atoms with Crippen LogP contribution in [0.4, 0.5) is 10.2 Å². The largest absolute Gasteiger partial charge is 0.370 e. The molecular weight excluding hydrogens is 437 g/mol. The van der Waals surface area contributed by atoms with E-state index >= 15 is 0 Å². The van der Waals surface area contributed by atoms with Gasteiger partial charge in [-0.2, -0.15) is 0 Å². The Hall–Kier alpha value is -3.77. The monoisotopic (exact) mass is 457 g/mol. The second-order valence-electron chi connectivity index (χ2n) is 7.75. The van der Waals surface area contributed by atoms with Crippen molar-refractivity contribution in [1.29, 1.82) is 0 Å². The van der Waals surface area contributed by atoms with Crippen molar-refractivity contribution in [3.05, 3.63) is 108 Å². The van der Waals surface area contributed by atoms with Crippen LogP contribution in [-0.4, -0.2) is 26.1 Å². The van der Waals surface area contributed by atoms with Crippen molar-refractivity contribution in [2.75, 3.05) is 11.9 Å². The molecule has 164 valence electrons. The number of nitrogens with one attached hydrogen (secondary N) is 1. The summed E-state index contributed by atoms with van der Waals surface area (Å²) in [6.07, 6.45) is 6.03. The molecule has 5 nitrogen and oxygen atoms in total. The summed E-state index contributed by atoms with van der Waals surface area (Å²) in [6, 6.07) is 20.5. The number of imidazole rings is 1. The number of benzene rings is 2. The van der Waals surface area contributed by atoms with Gasteiger partial charge in [0.2, 0.25) is 0 Å². The van der Waals surface area contributed by atoms with E-state index in [-0.39, 0.29) is 5.82 Å². The molecule has 1 N–H and O–H groups in total. The maximum absolute atomic E-state index is 13.6. The van der Waals surface area contributed by atoms with Crippen LogP contribution in [0.3, 0.4) is 0 Å². The summed E-state index contributed by atoms with van der Waals surface area (Å²) in [5.41, 5.74) is 5.57. The predicted octanol–water partition coefficient (Wildman–Crippen LogP) is 5.99. The van der Waals surface area contributed by atoms with Crippen LogP contribution in [-0.2, 0) is 13.0 Å². The van der Waals surface area contributed by atoms with Crippen LogP contribution in [0.15, 0.2) is 85.5 Å². The molecule has 0 aliphatic carbocycles. The zero-order valence-electron chi connectivity index (χ0n) is 17.7. The van der Waals surface area contributed by atoms with Crippen LogP contribution in [0.25, 0.3) is 22.2 Å². The molecule has 0 atom stereocenters. The molecule has 3 aromatic heterocycles. The Morgan fingerprint density at radius 1 is 0.939 bits per heavy atom. The molecule has 0 fully saturated rings. The molecule has 0 saturated heterocycles.